The highest BCUT2D eigenvalue weighted by molar-refractivity contribution is 7.85. The highest BCUT2D eigenvalue weighted by atomic mass is 32.2. The summed E-state index contributed by atoms with van der Waals surface area (Å²) in [5.74, 6) is 1.00. The SMILES string of the molecule is CC(C)c1noc(N2CCC(C(C)CS(=O)(=O)O)CC2)n1. The lowest BCUT2D eigenvalue weighted by Crippen LogP contribution is -2.37. The zero-order valence-corrected chi connectivity index (χ0v) is 13.5. The second-order valence-electron chi connectivity index (χ2n) is 6.14. The summed E-state index contributed by atoms with van der Waals surface area (Å²) in [6, 6.07) is 0.541. The summed E-state index contributed by atoms with van der Waals surface area (Å²) >= 11 is 0. The summed E-state index contributed by atoms with van der Waals surface area (Å²) in [6.45, 7) is 7.42. The predicted molar refractivity (Wildman–Crippen MR) is 78.9 cm³/mol. The summed E-state index contributed by atoms with van der Waals surface area (Å²) in [5, 5.41) is 3.95. The van der Waals surface area contributed by atoms with E-state index in [1.54, 1.807) is 0 Å². The molecule has 1 aliphatic rings. The minimum atomic E-state index is -3.90. The standard InChI is InChI=1S/C13H23N3O4S/c1-9(2)12-14-13(20-15-12)16-6-4-11(5-7-16)10(3)8-21(17,18)19/h9-11H,4-8H2,1-3H3,(H,17,18,19). The van der Waals surface area contributed by atoms with Crippen LogP contribution in [0, 0.1) is 11.8 Å². The van der Waals surface area contributed by atoms with Gasteiger partial charge in [0, 0.05) is 19.0 Å². The molecule has 0 aromatic carbocycles. The third-order valence-corrected chi connectivity index (χ3v) is 4.98. The van der Waals surface area contributed by atoms with Crippen molar-refractivity contribution in [1.82, 2.24) is 10.1 Å². The third-order valence-electron chi connectivity index (χ3n) is 4.04. The van der Waals surface area contributed by atoms with Gasteiger partial charge in [0.05, 0.1) is 5.75 Å². The molecule has 1 fully saturated rings. The normalized spacial score (nSPS) is 19.2. The van der Waals surface area contributed by atoms with Crippen molar-refractivity contribution in [1.29, 1.82) is 0 Å². The molecular formula is C13H23N3O4S. The highest BCUT2D eigenvalue weighted by Gasteiger charge is 2.28. The number of rotatable bonds is 5. The molecular weight excluding hydrogens is 294 g/mol. The van der Waals surface area contributed by atoms with Crippen LogP contribution in [0.1, 0.15) is 45.4 Å². The van der Waals surface area contributed by atoms with Gasteiger partial charge in [0.15, 0.2) is 5.82 Å². The Bertz CT molecular complexity index is 562. The smallest absolute Gasteiger partial charge is 0.324 e. The average Bonchev–Trinajstić information content (AvgIpc) is 2.86. The molecule has 21 heavy (non-hydrogen) atoms. The maximum Gasteiger partial charge on any atom is 0.324 e. The van der Waals surface area contributed by atoms with Crippen LogP contribution < -0.4 is 4.90 Å². The van der Waals surface area contributed by atoms with Crippen molar-refractivity contribution in [2.75, 3.05) is 23.7 Å². The van der Waals surface area contributed by atoms with E-state index in [1.165, 1.54) is 0 Å². The van der Waals surface area contributed by atoms with Crippen LogP contribution in [0.5, 0.6) is 0 Å². The van der Waals surface area contributed by atoms with E-state index in [2.05, 4.69) is 10.1 Å². The summed E-state index contributed by atoms with van der Waals surface area (Å²) in [5.41, 5.74) is 0. The second-order valence-corrected chi connectivity index (χ2v) is 7.64. The zero-order valence-electron chi connectivity index (χ0n) is 12.7. The van der Waals surface area contributed by atoms with Gasteiger partial charge < -0.3 is 9.42 Å². The van der Waals surface area contributed by atoms with Crippen LogP contribution in [0.4, 0.5) is 6.01 Å². The van der Waals surface area contributed by atoms with Gasteiger partial charge in [-0.1, -0.05) is 25.9 Å². The Kier molecular flexibility index (Phi) is 4.88. The minimum Gasteiger partial charge on any atom is -0.324 e. The molecule has 2 rings (SSSR count). The van der Waals surface area contributed by atoms with Crippen LogP contribution in [0.2, 0.25) is 0 Å². The van der Waals surface area contributed by atoms with Gasteiger partial charge in [0.2, 0.25) is 0 Å². The van der Waals surface area contributed by atoms with Crippen molar-refractivity contribution in [3.63, 3.8) is 0 Å². The van der Waals surface area contributed by atoms with Gasteiger partial charge in [-0.15, -0.1) is 0 Å². The van der Waals surface area contributed by atoms with E-state index in [1.807, 2.05) is 25.7 Å². The molecule has 0 radical (unpaired) electrons. The maximum atomic E-state index is 10.9. The van der Waals surface area contributed by atoms with Crippen molar-refractivity contribution in [2.45, 2.75) is 39.5 Å². The van der Waals surface area contributed by atoms with Crippen LogP contribution in [0.15, 0.2) is 4.52 Å². The number of anilines is 1. The van der Waals surface area contributed by atoms with Crippen LogP contribution in [-0.2, 0) is 10.1 Å². The van der Waals surface area contributed by atoms with Crippen LogP contribution in [0.25, 0.3) is 0 Å². The van der Waals surface area contributed by atoms with E-state index < -0.39 is 10.1 Å². The minimum absolute atomic E-state index is 0.0453. The summed E-state index contributed by atoms with van der Waals surface area (Å²) in [6.07, 6.45) is 1.71. The van der Waals surface area contributed by atoms with E-state index >= 15 is 0 Å². The van der Waals surface area contributed by atoms with E-state index in [9.17, 15) is 8.42 Å². The fraction of sp³-hybridized carbons (Fsp3) is 0.846. The molecule has 8 heteroatoms. The number of hydrogen-bond donors (Lipinski definition) is 1. The fourth-order valence-corrected chi connectivity index (χ4v) is 3.65. The van der Waals surface area contributed by atoms with E-state index in [4.69, 9.17) is 9.08 Å². The van der Waals surface area contributed by atoms with Gasteiger partial charge in [-0.25, -0.2) is 0 Å². The first-order valence-electron chi connectivity index (χ1n) is 7.30. The van der Waals surface area contributed by atoms with Gasteiger partial charge in [-0.2, -0.15) is 13.4 Å². The molecule has 1 aromatic rings. The quantitative estimate of drug-likeness (QED) is 0.829. The molecule has 120 valence electrons. The first kappa shape index (κ1) is 16.2. The molecule has 7 nitrogen and oxygen atoms in total. The monoisotopic (exact) mass is 317 g/mol. The molecule has 0 bridgehead atoms. The molecule has 1 saturated heterocycles. The highest BCUT2D eigenvalue weighted by Crippen LogP contribution is 2.28. The molecule has 0 spiro atoms. The molecule has 0 saturated carbocycles. The lowest BCUT2D eigenvalue weighted by atomic mass is 9.87. The van der Waals surface area contributed by atoms with Gasteiger partial charge >= 0.3 is 6.01 Å². The summed E-state index contributed by atoms with van der Waals surface area (Å²) in [4.78, 5) is 6.41. The topological polar surface area (TPSA) is 96.5 Å². The Morgan fingerprint density at radius 2 is 1.95 bits per heavy atom. The average molecular weight is 317 g/mol. The fourth-order valence-electron chi connectivity index (χ4n) is 2.72. The number of aromatic nitrogens is 2. The van der Waals surface area contributed by atoms with E-state index in [0.717, 1.165) is 25.9 Å². The van der Waals surface area contributed by atoms with Crippen molar-refractivity contribution in [3.05, 3.63) is 5.82 Å². The van der Waals surface area contributed by atoms with Crippen molar-refractivity contribution in [3.8, 4) is 0 Å². The van der Waals surface area contributed by atoms with Gasteiger partial charge in [0.25, 0.3) is 10.1 Å². The van der Waals surface area contributed by atoms with Gasteiger partial charge in [-0.3, -0.25) is 4.55 Å². The Hall–Kier alpha value is -1.15. The third kappa shape index (κ3) is 4.41. The van der Waals surface area contributed by atoms with Crippen LogP contribution >= 0.6 is 0 Å². The van der Waals surface area contributed by atoms with Gasteiger partial charge in [-0.05, 0) is 24.7 Å². The Balaban J connectivity index is 1.90. The Labute approximate surface area is 125 Å². The predicted octanol–water partition coefficient (Wildman–Crippen LogP) is 1.93. The lowest BCUT2D eigenvalue weighted by molar-refractivity contribution is 0.296. The largest absolute Gasteiger partial charge is 0.324 e. The zero-order chi connectivity index (χ0) is 15.6. The maximum absolute atomic E-state index is 10.9. The Morgan fingerprint density at radius 1 is 1.33 bits per heavy atom. The number of hydrogen-bond acceptors (Lipinski definition) is 6. The summed E-state index contributed by atoms with van der Waals surface area (Å²) in [7, 11) is -3.90. The van der Waals surface area contributed by atoms with Crippen molar-refractivity contribution in [2.24, 2.45) is 11.8 Å². The molecule has 1 atom stereocenters. The van der Waals surface area contributed by atoms with Crippen molar-refractivity contribution >= 4 is 16.1 Å². The van der Waals surface area contributed by atoms with E-state index in [-0.39, 0.29) is 23.5 Å². The van der Waals surface area contributed by atoms with Gasteiger partial charge in [0.1, 0.15) is 0 Å². The second kappa shape index (κ2) is 6.31. The molecule has 1 aromatic heterocycles. The van der Waals surface area contributed by atoms with Crippen LogP contribution in [0.3, 0.4) is 0 Å². The van der Waals surface area contributed by atoms with Crippen molar-refractivity contribution < 1.29 is 17.5 Å². The summed E-state index contributed by atoms with van der Waals surface area (Å²) < 4.78 is 36.1. The molecule has 2 heterocycles. The number of piperidine rings is 1. The Morgan fingerprint density at radius 3 is 2.43 bits per heavy atom. The first-order chi connectivity index (χ1) is 9.76. The lowest BCUT2D eigenvalue weighted by Gasteiger charge is -2.33. The molecule has 1 unspecified atom stereocenters. The molecule has 0 amide bonds. The number of nitrogens with zero attached hydrogens (tertiary/aromatic N) is 3. The molecule has 0 aliphatic carbocycles. The van der Waals surface area contributed by atoms with E-state index in [0.29, 0.717) is 11.8 Å². The molecule has 1 N–H and O–H groups in total. The molecule has 1 aliphatic heterocycles. The first-order valence-corrected chi connectivity index (χ1v) is 8.91. The van der Waals surface area contributed by atoms with Crippen LogP contribution in [-0.4, -0.2) is 42.0 Å².